The Hall–Kier alpha value is -0.570. The molecule has 0 bridgehead atoms. The minimum atomic E-state index is 0.185. The highest BCUT2D eigenvalue weighted by Gasteiger charge is 2.03. The van der Waals surface area contributed by atoms with Gasteiger partial charge in [-0.25, -0.2) is 0 Å². The van der Waals surface area contributed by atoms with Gasteiger partial charge in [0.25, 0.3) is 0 Å². The molecule has 14 heavy (non-hydrogen) atoms. The van der Waals surface area contributed by atoms with E-state index in [0.29, 0.717) is 0 Å². The standard InChI is InChI=1S/C11H16ClNO/c1-13-11(8-14)7-4-9-2-5-10(12)6-3-9/h2-3,5-6,11,13-14H,4,7-8H2,1H3. The maximum Gasteiger partial charge on any atom is 0.0584 e. The van der Waals surface area contributed by atoms with Crippen LogP contribution in [0.25, 0.3) is 0 Å². The van der Waals surface area contributed by atoms with Gasteiger partial charge in [0.05, 0.1) is 6.61 Å². The summed E-state index contributed by atoms with van der Waals surface area (Å²) in [5.41, 5.74) is 1.25. The van der Waals surface area contributed by atoms with Gasteiger partial charge in [-0.2, -0.15) is 0 Å². The van der Waals surface area contributed by atoms with E-state index in [1.807, 2.05) is 31.3 Å². The smallest absolute Gasteiger partial charge is 0.0584 e. The van der Waals surface area contributed by atoms with E-state index in [4.69, 9.17) is 16.7 Å². The van der Waals surface area contributed by atoms with E-state index in [1.54, 1.807) is 0 Å². The van der Waals surface area contributed by atoms with Crippen molar-refractivity contribution in [1.82, 2.24) is 5.32 Å². The van der Waals surface area contributed by atoms with Crippen molar-refractivity contribution in [3.63, 3.8) is 0 Å². The first kappa shape index (κ1) is 11.5. The molecule has 0 amide bonds. The molecule has 3 heteroatoms. The molecule has 0 spiro atoms. The maximum atomic E-state index is 8.96. The second-order valence-electron chi connectivity index (χ2n) is 3.33. The van der Waals surface area contributed by atoms with Gasteiger partial charge < -0.3 is 10.4 Å². The molecule has 0 saturated heterocycles. The first-order valence-corrected chi connectivity index (χ1v) is 5.16. The van der Waals surface area contributed by atoms with Crippen LogP contribution in [-0.4, -0.2) is 24.8 Å². The molecule has 0 aliphatic rings. The number of nitrogens with one attached hydrogen (secondary N) is 1. The third-order valence-electron chi connectivity index (χ3n) is 2.32. The number of rotatable bonds is 5. The van der Waals surface area contributed by atoms with E-state index in [2.05, 4.69) is 5.32 Å². The summed E-state index contributed by atoms with van der Waals surface area (Å²) >= 11 is 5.78. The van der Waals surface area contributed by atoms with E-state index in [0.717, 1.165) is 17.9 Å². The Morgan fingerprint density at radius 1 is 1.36 bits per heavy atom. The molecule has 2 N–H and O–H groups in total. The molecule has 2 nitrogen and oxygen atoms in total. The van der Waals surface area contributed by atoms with Crippen molar-refractivity contribution in [3.8, 4) is 0 Å². The van der Waals surface area contributed by atoms with Crippen molar-refractivity contribution in [2.24, 2.45) is 0 Å². The van der Waals surface area contributed by atoms with Gasteiger partial charge in [-0.05, 0) is 37.6 Å². The summed E-state index contributed by atoms with van der Waals surface area (Å²) in [4.78, 5) is 0. The molecule has 78 valence electrons. The lowest BCUT2D eigenvalue weighted by atomic mass is 10.1. The lowest BCUT2D eigenvalue weighted by Gasteiger charge is -2.12. The Kier molecular flexibility index (Phi) is 4.94. The maximum absolute atomic E-state index is 8.96. The lowest BCUT2D eigenvalue weighted by Crippen LogP contribution is -2.29. The van der Waals surface area contributed by atoms with Crippen LogP contribution >= 0.6 is 11.6 Å². The zero-order chi connectivity index (χ0) is 10.4. The lowest BCUT2D eigenvalue weighted by molar-refractivity contribution is 0.242. The van der Waals surface area contributed by atoms with Gasteiger partial charge in [0, 0.05) is 11.1 Å². The van der Waals surface area contributed by atoms with Crippen LogP contribution in [0.2, 0.25) is 5.02 Å². The molecular weight excluding hydrogens is 198 g/mol. The Morgan fingerprint density at radius 2 is 2.00 bits per heavy atom. The molecule has 1 unspecified atom stereocenters. The number of aliphatic hydroxyl groups excluding tert-OH is 1. The second kappa shape index (κ2) is 6.02. The SMILES string of the molecule is CNC(CO)CCc1ccc(Cl)cc1. The second-order valence-corrected chi connectivity index (χ2v) is 3.77. The molecule has 1 aromatic carbocycles. The fourth-order valence-electron chi connectivity index (χ4n) is 1.32. The molecule has 0 aliphatic carbocycles. The number of halogens is 1. The van der Waals surface area contributed by atoms with E-state index >= 15 is 0 Å². The summed E-state index contributed by atoms with van der Waals surface area (Å²) in [5.74, 6) is 0. The van der Waals surface area contributed by atoms with E-state index in [-0.39, 0.29) is 12.6 Å². The van der Waals surface area contributed by atoms with Gasteiger partial charge in [-0.15, -0.1) is 0 Å². The summed E-state index contributed by atoms with van der Waals surface area (Å²) in [6, 6.07) is 8.01. The highest BCUT2D eigenvalue weighted by Crippen LogP contribution is 2.11. The number of benzene rings is 1. The third kappa shape index (κ3) is 3.66. The Balaban J connectivity index is 2.41. The summed E-state index contributed by atoms with van der Waals surface area (Å²) in [7, 11) is 1.86. The predicted molar refractivity (Wildman–Crippen MR) is 59.7 cm³/mol. The van der Waals surface area contributed by atoms with Gasteiger partial charge in [-0.1, -0.05) is 23.7 Å². The molecular formula is C11H16ClNO. The first-order valence-electron chi connectivity index (χ1n) is 4.79. The van der Waals surface area contributed by atoms with E-state index in [9.17, 15) is 0 Å². The molecule has 0 heterocycles. The molecule has 0 aromatic heterocycles. The Labute approximate surface area is 89.9 Å². The fraction of sp³-hybridized carbons (Fsp3) is 0.455. The summed E-state index contributed by atoms with van der Waals surface area (Å²) in [6.45, 7) is 0.185. The van der Waals surface area contributed by atoms with Gasteiger partial charge in [0.15, 0.2) is 0 Å². The van der Waals surface area contributed by atoms with Gasteiger partial charge in [0.1, 0.15) is 0 Å². The van der Waals surface area contributed by atoms with Crippen LogP contribution < -0.4 is 5.32 Å². The zero-order valence-electron chi connectivity index (χ0n) is 8.33. The largest absolute Gasteiger partial charge is 0.395 e. The monoisotopic (exact) mass is 213 g/mol. The third-order valence-corrected chi connectivity index (χ3v) is 2.58. The van der Waals surface area contributed by atoms with E-state index in [1.165, 1.54) is 5.56 Å². The van der Waals surface area contributed by atoms with Crippen LogP contribution in [-0.2, 0) is 6.42 Å². The van der Waals surface area contributed by atoms with Crippen molar-refractivity contribution in [3.05, 3.63) is 34.9 Å². The van der Waals surface area contributed by atoms with E-state index < -0.39 is 0 Å². The summed E-state index contributed by atoms with van der Waals surface area (Å²) in [6.07, 6.45) is 1.90. The molecule has 0 aliphatic heterocycles. The summed E-state index contributed by atoms with van der Waals surface area (Å²) in [5, 5.41) is 12.8. The van der Waals surface area contributed by atoms with Crippen LogP contribution in [0.5, 0.6) is 0 Å². The Morgan fingerprint density at radius 3 is 2.50 bits per heavy atom. The molecule has 0 saturated carbocycles. The van der Waals surface area contributed by atoms with Crippen LogP contribution in [0, 0.1) is 0 Å². The highest BCUT2D eigenvalue weighted by atomic mass is 35.5. The Bertz CT molecular complexity index is 256. The van der Waals surface area contributed by atoms with Gasteiger partial charge >= 0.3 is 0 Å². The topological polar surface area (TPSA) is 32.3 Å². The van der Waals surface area contributed by atoms with Crippen molar-refractivity contribution in [1.29, 1.82) is 0 Å². The average Bonchev–Trinajstić information content (AvgIpc) is 2.22. The molecule has 0 fully saturated rings. The van der Waals surface area contributed by atoms with Crippen LogP contribution in [0.1, 0.15) is 12.0 Å². The quantitative estimate of drug-likeness (QED) is 0.783. The summed E-state index contributed by atoms with van der Waals surface area (Å²) < 4.78 is 0. The number of hydrogen-bond donors (Lipinski definition) is 2. The van der Waals surface area contributed by atoms with Crippen LogP contribution in [0.15, 0.2) is 24.3 Å². The first-order chi connectivity index (χ1) is 6.76. The number of aliphatic hydroxyl groups is 1. The molecule has 1 atom stereocenters. The predicted octanol–water partition coefficient (Wildman–Crippen LogP) is 1.85. The number of aryl methyl sites for hydroxylation is 1. The van der Waals surface area contributed by atoms with Crippen LogP contribution in [0.4, 0.5) is 0 Å². The fourth-order valence-corrected chi connectivity index (χ4v) is 1.44. The van der Waals surface area contributed by atoms with Crippen molar-refractivity contribution in [2.45, 2.75) is 18.9 Å². The average molecular weight is 214 g/mol. The van der Waals surface area contributed by atoms with Crippen molar-refractivity contribution < 1.29 is 5.11 Å². The van der Waals surface area contributed by atoms with Gasteiger partial charge in [0.2, 0.25) is 0 Å². The van der Waals surface area contributed by atoms with Crippen LogP contribution in [0.3, 0.4) is 0 Å². The number of hydrogen-bond acceptors (Lipinski definition) is 2. The molecule has 1 rings (SSSR count). The zero-order valence-corrected chi connectivity index (χ0v) is 9.09. The van der Waals surface area contributed by atoms with Crippen molar-refractivity contribution in [2.75, 3.05) is 13.7 Å². The number of likely N-dealkylation sites (N-methyl/N-ethyl adjacent to an activating group) is 1. The minimum absolute atomic E-state index is 0.185. The van der Waals surface area contributed by atoms with Crippen molar-refractivity contribution >= 4 is 11.6 Å². The van der Waals surface area contributed by atoms with Gasteiger partial charge in [-0.3, -0.25) is 0 Å². The minimum Gasteiger partial charge on any atom is -0.395 e. The molecule has 0 radical (unpaired) electrons. The highest BCUT2D eigenvalue weighted by molar-refractivity contribution is 6.30. The molecule has 1 aromatic rings. The normalized spacial score (nSPS) is 12.8.